The molecule has 0 bridgehead atoms. The maximum atomic E-state index is 5.43. The van der Waals surface area contributed by atoms with E-state index in [1.807, 2.05) is 24.3 Å². The van der Waals surface area contributed by atoms with Crippen LogP contribution in [0.25, 0.3) is 106 Å². The first kappa shape index (κ1) is 39.7. The van der Waals surface area contributed by atoms with Gasteiger partial charge in [0.25, 0.3) is 0 Å². The molecule has 3 heterocycles. The van der Waals surface area contributed by atoms with E-state index in [1.54, 1.807) is 0 Å². The van der Waals surface area contributed by atoms with Crippen LogP contribution in [0.4, 0.5) is 0 Å². The van der Waals surface area contributed by atoms with E-state index in [9.17, 15) is 0 Å². The topological polar surface area (TPSA) is 48.5 Å². The molecule has 5 heteroatoms. The summed E-state index contributed by atoms with van der Waals surface area (Å²) in [4.78, 5) is 16.0. The molecular weight excluding hydrogens is 827 g/mol. The van der Waals surface area contributed by atoms with Crippen molar-refractivity contribution in [2.24, 2.45) is 5.92 Å². The largest absolute Gasteiger partial charge is 0.310 e. The van der Waals surface area contributed by atoms with Gasteiger partial charge in [-0.2, -0.15) is 9.97 Å². The Hall–Kier alpha value is -8.67. The molecule has 0 fully saturated rings. The highest BCUT2D eigenvalue weighted by Gasteiger charge is 2.30. The van der Waals surface area contributed by atoms with E-state index >= 15 is 0 Å². The molecule has 1 unspecified atom stereocenters. The number of fused-ring (bicyclic) bond motifs is 7. The SMILES string of the molecule is C1=CC(C2CC(c3cccc(-c4ccccc4)c3)=CC=C2n2c3ccccc3c3ccc4c5ccccc5n(-c5nc(-c6ccccc6)nc(-c6ccc(-c7ccccc7)cc6)n5)c4c32)=CCC1. The molecule has 13 rings (SSSR count). The Bertz CT molecular complexity index is 3850. The molecule has 0 radical (unpaired) electrons. The van der Waals surface area contributed by atoms with Crippen molar-refractivity contribution in [1.82, 2.24) is 24.1 Å². The van der Waals surface area contributed by atoms with Gasteiger partial charge < -0.3 is 4.57 Å². The zero-order valence-corrected chi connectivity index (χ0v) is 37.4. The maximum absolute atomic E-state index is 5.43. The lowest BCUT2D eigenvalue weighted by Gasteiger charge is -2.29. The lowest BCUT2D eigenvalue weighted by atomic mass is 9.80. The summed E-state index contributed by atoms with van der Waals surface area (Å²) in [6.07, 6.45) is 14.9. The van der Waals surface area contributed by atoms with E-state index in [0.717, 1.165) is 63.3 Å². The molecule has 0 saturated heterocycles. The first-order valence-corrected chi connectivity index (χ1v) is 23.6. The van der Waals surface area contributed by atoms with Gasteiger partial charge in [0.15, 0.2) is 11.6 Å². The van der Waals surface area contributed by atoms with Crippen LogP contribution in [0.1, 0.15) is 24.8 Å². The molecule has 322 valence electrons. The van der Waals surface area contributed by atoms with E-state index in [2.05, 4.69) is 215 Å². The number of para-hydroxylation sites is 2. The highest BCUT2D eigenvalue weighted by molar-refractivity contribution is 6.24. The van der Waals surface area contributed by atoms with Crippen molar-refractivity contribution < 1.29 is 0 Å². The Morgan fingerprint density at radius 3 is 1.56 bits per heavy atom. The molecule has 5 nitrogen and oxygen atoms in total. The minimum atomic E-state index is 0.103. The third-order valence-corrected chi connectivity index (χ3v) is 13.8. The molecule has 8 aromatic carbocycles. The summed E-state index contributed by atoms with van der Waals surface area (Å²) in [7, 11) is 0. The molecule has 1 atom stereocenters. The Kier molecular flexibility index (Phi) is 9.71. The van der Waals surface area contributed by atoms with Gasteiger partial charge in [-0.1, -0.05) is 206 Å². The van der Waals surface area contributed by atoms with Gasteiger partial charge in [-0.05, 0) is 82.5 Å². The first-order valence-electron chi connectivity index (χ1n) is 23.6. The molecule has 0 aliphatic heterocycles. The lowest BCUT2D eigenvalue weighted by molar-refractivity contribution is 0.767. The van der Waals surface area contributed by atoms with Crippen molar-refractivity contribution in [3.05, 3.63) is 242 Å². The van der Waals surface area contributed by atoms with Crippen LogP contribution < -0.4 is 0 Å². The predicted octanol–water partition coefficient (Wildman–Crippen LogP) is 16.0. The molecule has 0 N–H and O–H groups in total. The van der Waals surface area contributed by atoms with Crippen LogP contribution >= 0.6 is 0 Å². The van der Waals surface area contributed by atoms with Crippen LogP contribution in [-0.4, -0.2) is 24.1 Å². The van der Waals surface area contributed by atoms with Crippen LogP contribution in [0.3, 0.4) is 0 Å². The Morgan fingerprint density at radius 2 is 0.912 bits per heavy atom. The van der Waals surface area contributed by atoms with Gasteiger partial charge >= 0.3 is 0 Å². The summed E-state index contributed by atoms with van der Waals surface area (Å²) >= 11 is 0. The molecule has 68 heavy (non-hydrogen) atoms. The molecule has 2 aliphatic rings. The van der Waals surface area contributed by atoms with Crippen molar-refractivity contribution in [2.45, 2.75) is 19.3 Å². The van der Waals surface area contributed by atoms with Crippen LogP contribution in [0.2, 0.25) is 0 Å². The fourth-order valence-corrected chi connectivity index (χ4v) is 10.6. The van der Waals surface area contributed by atoms with Crippen molar-refractivity contribution >= 4 is 54.9 Å². The van der Waals surface area contributed by atoms with E-state index in [-0.39, 0.29) is 5.92 Å². The third-order valence-electron chi connectivity index (χ3n) is 13.8. The van der Waals surface area contributed by atoms with E-state index < -0.39 is 0 Å². The summed E-state index contributed by atoms with van der Waals surface area (Å²) in [5.74, 6) is 1.92. The average Bonchev–Trinajstić information content (AvgIpc) is 3.95. The molecule has 0 spiro atoms. The number of hydrogen-bond donors (Lipinski definition) is 0. The van der Waals surface area contributed by atoms with Crippen molar-refractivity contribution in [3.63, 3.8) is 0 Å². The number of aromatic nitrogens is 5. The number of benzene rings is 8. The van der Waals surface area contributed by atoms with Crippen molar-refractivity contribution in [3.8, 4) is 51.0 Å². The van der Waals surface area contributed by atoms with Gasteiger partial charge in [-0.3, -0.25) is 4.57 Å². The average molecular weight is 872 g/mol. The molecular formula is C63H45N5. The molecule has 3 aromatic heterocycles. The Balaban J connectivity index is 1.07. The quantitative estimate of drug-likeness (QED) is 0.153. The Morgan fingerprint density at radius 1 is 0.397 bits per heavy atom. The van der Waals surface area contributed by atoms with Crippen LogP contribution in [0.15, 0.2) is 236 Å². The fourth-order valence-electron chi connectivity index (χ4n) is 10.6. The van der Waals surface area contributed by atoms with Crippen LogP contribution in [0.5, 0.6) is 0 Å². The predicted molar refractivity (Wildman–Crippen MR) is 282 cm³/mol. The highest BCUT2D eigenvalue weighted by Crippen LogP contribution is 2.47. The highest BCUT2D eigenvalue weighted by atomic mass is 15.2. The lowest BCUT2D eigenvalue weighted by Crippen LogP contribution is -2.16. The van der Waals surface area contributed by atoms with Crippen LogP contribution in [0, 0.1) is 5.92 Å². The molecule has 0 saturated carbocycles. The minimum absolute atomic E-state index is 0.103. The van der Waals surface area contributed by atoms with E-state index in [0.29, 0.717) is 17.6 Å². The van der Waals surface area contributed by atoms with Gasteiger partial charge in [-0.25, -0.2) is 4.98 Å². The zero-order valence-electron chi connectivity index (χ0n) is 37.4. The summed E-state index contributed by atoms with van der Waals surface area (Å²) in [6.45, 7) is 0. The minimum Gasteiger partial charge on any atom is -0.310 e. The Labute approximate surface area is 395 Å². The fraction of sp³-hybridized carbons (Fsp3) is 0.0635. The second-order valence-corrected chi connectivity index (χ2v) is 17.8. The van der Waals surface area contributed by atoms with E-state index in [4.69, 9.17) is 15.0 Å². The normalized spacial score (nSPS) is 14.9. The third kappa shape index (κ3) is 6.82. The maximum Gasteiger partial charge on any atom is 0.238 e. The van der Waals surface area contributed by atoms with Crippen LogP contribution in [-0.2, 0) is 0 Å². The standard InChI is InChI=1S/C63H45N5/c1-5-18-42(19-6-1)44-32-34-47(35-33-44)62-64-61(46-24-11-4-12-25-46)65-63(66-62)68-57-31-16-14-29-52(57)54-38-37-53-51-28-13-15-30-56(51)67(59(53)60(54)68)58-39-36-50(41-55(58)45-22-9-3-10-23-45)49-27-17-26-48(40-49)43-20-7-2-8-21-43/h1-2,4-9,11-40,55H,3,10,41H2. The van der Waals surface area contributed by atoms with Gasteiger partial charge in [0.1, 0.15) is 0 Å². The van der Waals surface area contributed by atoms with Gasteiger partial charge in [0.2, 0.25) is 5.95 Å². The summed E-state index contributed by atoms with van der Waals surface area (Å²) < 4.78 is 4.86. The van der Waals surface area contributed by atoms with Crippen molar-refractivity contribution in [1.29, 1.82) is 0 Å². The number of allylic oxidation sites excluding steroid dienone is 8. The number of hydrogen-bond acceptors (Lipinski definition) is 3. The number of rotatable bonds is 8. The van der Waals surface area contributed by atoms with Gasteiger partial charge in [-0.15, -0.1) is 0 Å². The first-order chi connectivity index (χ1) is 33.7. The number of nitrogens with zero attached hydrogens (tertiary/aromatic N) is 5. The van der Waals surface area contributed by atoms with Gasteiger partial charge in [0.05, 0.1) is 22.1 Å². The summed E-state index contributed by atoms with van der Waals surface area (Å²) in [5, 5.41) is 4.68. The second-order valence-electron chi connectivity index (χ2n) is 17.8. The molecule has 2 aliphatic carbocycles. The zero-order chi connectivity index (χ0) is 45.0. The molecule has 11 aromatic rings. The van der Waals surface area contributed by atoms with Gasteiger partial charge in [0, 0.05) is 44.3 Å². The smallest absolute Gasteiger partial charge is 0.238 e. The summed E-state index contributed by atoms with van der Waals surface area (Å²) in [5.41, 5.74) is 16.2. The monoisotopic (exact) mass is 871 g/mol. The van der Waals surface area contributed by atoms with E-state index in [1.165, 1.54) is 55.4 Å². The second kappa shape index (κ2) is 16.6. The molecule has 0 amide bonds. The summed E-state index contributed by atoms with van der Waals surface area (Å²) in [6, 6.07) is 71.3. The van der Waals surface area contributed by atoms with Crippen molar-refractivity contribution in [2.75, 3.05) is 0 Å².